The van der Waals surface area contributed by atoms with Gasteiger partial charge in [-0.25, -0.2) is 23.5 Å². The number of hydrogen-bond acceptors (Lipinski definition) is 6. The van der Waals surface area contributed by atoms with Gasteiger partial charge >= 0.3 is 0 Å². The summed E-state index contributed by atoms with van der Waals surface area (Å²) in [5.74, 6) is -0.630. The predicted octanol–water partition coefficient (Wildman–Crippen LogP) is 1.38. The van der Waals surface area contributed by atoms with Crippen molar-refractivity contribution in [2.45, 2.75) is 43.0 Å². The minimum absolute atomic E-state index is 0.104. The first-order valence-corrected chi connectivity index (χ1v) is 12.3. The number of nitrogens with two attached hydrogens (primary N) is 1. The number of rotatable bonds is 9. The molecule has 1 aliphatic heterocycles. The van der Waals surface area contributed by atoms with E-state index in [2.05, 4.69) is 9.71 Å². The van der Waals surface area contributed by atoms with Crippen molar-refractivity contribution in [2.75, 3.05) is 19.6 Å². The standard InChI is InChI=1S/C21H28N6O5S/c22-21(24-27(29)30)23-13-7-11-18(20(28)26-14-4-1-5-15-26)25-33(31,32)19-12-6-9-16-8-2-3-10-17(16)19/h2-3,6,8-10,12,18,25H,1,4-5,7,11,13-15H2,(H3,22,23,24)/t18-/m0/s1. The van der Waals surface area contributed by atoms with Crippen LogP contribution in [0.5, 0.6) is 0 Å². The van der Waals surface area contributed by atoms with Gasteiger partial charge in [0.15, 0.2) is 5.03 Å². The molecule has 0 unspecified atom stereocenters. The summed E-state index contributed by atoms with van der Waals surface area (Å²) in [4.78, 5) is 29.2. The molecule has 0 bridgehead atoms. The fraction of sp³-hybridized carbons (Fsp3) is 0.429. The Morgan fingerprint density at radius 1 is 1.15 bits per heavy atom. The molecule has 1 heterocycles. The van der Waals surface area contributed by atoms with E-state index in [0.717, 1.165) is 24.6 Å². The molecule has 2 aromatic rings. The first-order chi connectivity index (χ1) is 15.8. The highest BCUT2D eigenvalue weighted by Crippen LogP contribution is 2.23. The number of nitro groups is 1. The number of benzene rings is 2. The van der Waals surface area contributed by atoms with Crippen molar-refractivity contribution in [3.63, 3.8) is 0 Å². The molecule has 33 heavy (non-hydrogen) atoms. The number of carbonyl (C=O) groups is 1. The number of hydrazine groups is 1. The number of aliphatic imine (C=N–C) groups is 1. The van der Waals surface area contributed by atoms with Gasteiger partial charge in [-0.05, 0) is 43.6 Å². The maximum atomic E-state index is 13.3. The second kappa shape index (κ2) is 11.1. The number of nitrogens with one attached hydrogen (secondary N) is 2. The van der Waals surface area contributed by atoms with E-state index in [9.17, 15) is 23.3 Å². The number of nitrogens with zero attached hydrogens (tertiary/aromatic N) is 3. The maximum absolute atomic E-state index is 13.3. The second-order valence-corrected chi connectivity index (χ2v) is 9.50. The van der Waals surface area contributed by atoms with Crippen molar-refractivity contribution >= 4 is 32.7 Å². The molecule has 0 radical (unpaired) electrons. The third-order valence-electron chi connectivity index (χ3n) is 5.44. The summed E-state index contributed by atoms with van der Waals surface area (Å²) in [6.07, 6.45) is 3.27. The van der Waals surface area contributed by atoms with Crippen LogP contribution in [-0.2, 0) is 14.8 Å². The van der Waals surface area contributed by atoms with E-state index in [0.29, 0.717) is 24.9 Å². The molecular weight excluding hydrogens is 448 g/mol. The summed E-state index contributed by atoms with van der Waals surface area (Å²) in [6, 6.07) is 11.2. The Kier molecular flexibility index (Phi) is 8.17. The number of hydrogen-bond donors (Lipinski definition) is 3. The molecule has 1 fully saturated rings. The lowest BCUT2D eigenvalue weighted by molar-refractivity contribution is -0.525. The summed E-state index contributed by atoms with van der Waals surface area (Å²) in [7, 11) is -4.00. The van der Waals surface area contributed by atoms with Crippen molar-refractivity contribution in [3.05, 3.63) is 52.6 Å². The Bertz CT molecular complexity index is 1130. The minimum atomic E-state index is -4.00. The molecule has 12 heteroatoms. The predicted molar refractivity (Wildman–Crippen MR) is 124 cm³/mol. The van der Waals surface area contributed by atoms with Crippen LogP contribution in [-0.4, -0.2) is 55.9 Å². The lowest BCUT2D eigenvalue weighted by Crippen LogP contribution is -2.50. The van der Waals surface area contributed by atoms with Gasteiger partial charge < -0.3 is 10.6 Å². The fourth-order valence-electron chi connectivity index (χ4n) is 3.87. The molecule has 11 nitrogen and oxygen atoms in total. The van der Waals surface area contributed by atoms with Crippen LogP contribution in [0.25, 0.3) is 10.8 Å². The van der Waals surface area contributed by atoms with Crippen LogP contribution in [0.15, 0.2) is 52.4 Å². The number of amides is 1. The second-order valence-electron chi connectivity index (χ2n) is 7.82. The molecule has 3 rings (SSSR count). The first kappa shape index (κ1) is 24.4. The molecular formula is C21H28N6O5S. The zero-order chi connectivity index (χ0) is 23.8. The summed E-state index contributed by atoms with van der Waals surface area (Å²) in [6.45, 7) is 1.28. The Balaban J connectivity index is 1.79. The van der Waals surface area contributed by atoms with E-state index in [4.69, 9.17) is 5.73 Å². The van der Waals surface area contributed by atoms with Crippen molar-refractivity contribution in [1.82, 2.24) is 15.0 Å². The van der Waals surface area contributed by atoms with Gasteiger partial charge in [0.2, 0.25) is 15.9 Å². The number of sulfonamides is 1. The lowest BCUT2D eigenvalue weighted by Gasteiger charge is -2.30. The van der Waals surface area contributed by atoms with E-state index in [1.807, 2.05) is 18.2 Å². The third-order valence-corrected chi connectivity index (χ3v) is 6.97. The number of likely N-dealkylation sites (tertiary alicyclic amines) is 1. The van der Waals surface area contributed by atoms with Crippen molar-refractivity contribution < 1.29 is 18.2 Å². The Morgan fingerprint density at radius 2 is 1.85 bits per heavy atom. The average Bonchev–Trinajstić information content (AvgIpc) is 2.80. The van der Waals surface area contributed by atoms with Gasteiger partial charge in [0.25, 0.3) is 5.96 Å². The minimum Gasteiger partial charge on any atom is -0.365 e. The molecule has 0 aliphatic carbocycles. The summed E-state index contributed by atoms with van der Waals surface area (Å²) in [5, 5.41) is 10.9. The quantitative estimate of drug-likeness (QED) is 0.162. The van der Waals surface area contributed by atoms with Gasteiger partial charge in [-0.15, -0.1) is 0 Å². The van der Waals surface area contributed by atoms with E-state index < -0.39 is 21.1 Å². The van der Waals surface area contributed by atoms with E-state index in [-0.39, 0.29) is 29.7 Å². The molecule has 178 valence electrons. The Hall–Kier alpha value is -3.25. The molecule has 2 aromatic carbocycles. The molecule has 0 saturated carbocycles. The normalized spacial score (nSPS) is 15.9. The number of piperidine rings is 1. The Morgan fingerprint density at radius 3 is 2.58 bits per heavy atom. The van der Waals surface area contributed by atoms with Gasteiger partial charge in [0.05, 0.1) is 4.90 Å². The summed E-state index contributed by atoms with van der Waals surface area (Å²) >= 11 is 0. The number of carbonyl (C=O) groups excluding carboxylic acids is 1. The van der Waals surface area contributed by atoms with Crippen LogP contribution in [0.1, 0.15) is 32.1 Å². The van der Waals surface area contributed by atoms with Crippen molar-refractivity contribution in [2.24, 2.45) is 10.7 Å². The first-order valence-electron chi connectivity index (χ1n) is 10.8. The topological polar surface area (TPSA) is 160 Å². The van der Waals surface area contributed by atoms with Gasteiger partial charge in [-0.2, -0.15) is 4.72 Å². The molecule has 1 aliphatic rings. The highest BCUT2D eigenvalue weighted by Gasteiger charge is 2.30. The van der Waals surface area contributed by atoms with Gasteiger partial charge in [0.1, 0.15) is 6.04 Å². The van der Waals surface area contributed by atoms with Crippen molar-refractivity contribution in [1.29, 1.82) is 0 Å². The average molecular weight is 477 g/mol. The van der Waals surface area contributed by atoms with Gasteiger partial charge in [-0.1, -0.05) is 41.8 Å². The monoisotopic (exact) mass is 476 g/mol. The largest absolute Gasteiger partial charge is 0.365 e. The number of guanidine groups is 1. The van der Waals surface area contributed by atoms with Crippen LogP contribution in [0.4, 0.5) is 0 Å². The maximum Gasteiger partial charge on any atom is 0.251 e. The van der Waals surface area contributed by atoms with E-state index in [1.165, 1.54) is 6.07 Å². The smallest absolute Gasteiger partial charge is 0.251 e. The van der Waals surface area contributed by atoms with Crippen molar-refractivity contribution in [3.8, 4) is 0 Å². The molecule has 4 N–H and O–H groups in total. The molecule has 0 spiro atoms. The van der Waals surface area contributed by atoms with Gasteiger partial charge in [0, 0.05) is 25.0 Å². The molecule has 1 atom stereocenters. The van der Waals surface area contributed by atoms with E-state index in [1.54, 1.807) is 28.5 Å². The molecule has 1 amide bonds. The molecule has 1 saturated heterocycles. The summed E-state index contributed by atoms with van der Waals surface area (Å²) < 4.78 is 29.2. The zero-order valence-electron chi connectivity index (χ0n) is 18.1. The third kappa shape index (κ3) is 6.62. The lowest BCUT2D eigenvalue weighted by atomic mass is 10.1. The summed E-state index contributed by atoms with van der Waals surface area (Å²) in [5.41, 5.74) is 7.15. The zero-order valence-corrected chi connectivity index (χ0v) is 19.0. The number of fused-ring (bicyclic) bond motifs is 1. The van der Waals surface area contributed by atoms with Crippen LogP contribution in [0, 0.1) is 10.1 Å². The van der Waals surface area contributed by atoms with E-state index >= 15 is 0 Å². The van der Waals surface area contributed by atoms with Gasteiger partial charge in [-0.3, -0.25) is 4.79 Å². The highest BCUT2D eigenvalue weighted by atomic mass is 32.2. The SMILES string of the molecule is NC(=NCCC[C@H](NS(=O)(=O)c1cccc2ccccc12)C(=O)N1CCCCC1)N[N+](=O)[O-]. The highest BCUT2D eigenvalue weighted by molar-refractivity contribution is 7.89. The fourth-order valence-corrected chi connectivity index (χ4v) is 5.33. The van der Waals surface area contributed by atoms with Crippen LogP contribution >= 0.6 is 0 Å². The molecule has 0 aromatic heterocycles. The van der Waals surface area contributed by atoms with Crippen LogP contribution < -0.4 is 15.9 Å². The Labute approximate surface area is 192 Å². The van der Waals surface area contributed by atoms with Crippen LogP contribution in [0.2, 0.25) is 0 Å². The van der Waals surface area contributed by atoms with Crippen LogP contribution in [0.3, 0.4) is 0 Å².